The van der Waals surface area contributed by atoms with E-state index >= 15 is 0 Å². The molecule has 4 N–H and O–H groups in total. The smallest absolute Gasteiger partial charge is 0.266 e. The molecule has 0 atom stereocenters. The van der Waals surface area contributed by atoms with E-state index in [2.05, 4.69) is 15.0 Å². The van der Waals surface area contributed by atoms with Crippen LogP contribution in [0.4, 0.5) is 17.5 Å². The zero-order valence-corrected chi connectivity index (χ0v) is 23.4. The van der Waals surface area contributed by atoms with Crippen molar-refractivity contribution < 1.29 is 8.42 Å². The fourth-order valence-electron chi connectivity index (χ4n) is 4.03. The number of fused-ring (bicyclic) bond motifs is 1. The molecule has 0 aliphatic heterocycles. The van der Waals surface area contributed by atoms with Crippen molar-refractivity contribution in [1.29, 1.82) is 5.26 Å². The summed E-state index contributed by atoms with van der Waals surface area (Å²) in [4.78, 5) is 29.8. The predicted molar refractivity (Wildman–Crippen MR) is 159 cm³/mol. The first-order chi connectivity index (χ1) is 19.5. The van der Waals surface area contributed by atoms with Crippen molar-refractivity contribution >= 4 is 38.4 Å². The number of aromatic nitrogens is 5. The zero-order chi connectivity index (χ0) is 29.7. The van der Waals surface area contributed by atoms with Gasteiger partial charge in [-0.15, -0.1) is 0 Å². The number of rotatable bonds is 5. The maximum atomic E-state index is 13.7. The van der Waals surface area contributed by atoms with Crippen LogP contribution in [0.5, 0.6) is 0 Å². The molecule has 3 heterocycles. The summed E-state index contributed by atoms with van der Waals surface area (Å²) < 4.78 is 26.7. The normalized spacial score (nSPS) is 10.9. The number of anilines is 3. The van der Waals surface area contributed by atoms with E-state index in [1.165, 1.54) is 19.4 Å². The van der Waals surface area contributed by atoms with Gasteiger partial charge in [0.2, 0.25) is 16.0 Å². The van der Waals surface area contributed by atoms with Gasteiger partial charge in [-0.3, -0.25) is 18.7 Å². The van der Waals surface area contributed by atoms with Crippen molar-refractivity contribution in [3.8, 4) is 22.9 Å². The Kier molecular flexibility index (Phi) is 8.25. The predicted octanol–water partition coefficient (Wildman–Crippen LogP) is 2.92. The molecule has 0 aliphatic rings. The standard InChI is InChI=1S/C23H22N4O3S.C5H5N5/c1-4-21-25-20-12-8-11-19(16-13-18(15-24-14-16)26(2)31(3,29)30)22(20)23(28)27(21)17-9-6-5-7-10-17;6-1-3-2-9-5(8)10-4(3)7/h5-15H,4H2,1-3H3;2H,(H4,7,8,9,10). The van der Waals surface area contributed by atoms with Crippen LogP contribution in [0.3, 0.4) is 0 Å². The maximum Gasteiger partial charge on any atom is 0.266 e. The Bertz CT molecular complexity index is 1940. The van der Waals surface area contributed by atoms with Gasteiger partial charge in [0.25, 0.3) is 5.56 Å². The number of benzene rings is 2. The molecule has 2 aromatic carbocycles. The first kappa shape index (κ1) is 28.7. The Balaban J connectivity index is 0.000000328. The molecule has 5 rings (SSSR count). The van der Waals surface area contributed by atoms with E-state index in [4.69, 9.17) is 21.7 Å². The summed E-state index contributed by atoms with van der Waals surface area (Å²) in [6.07, 6.45) is 6.12. The molecule has 0 unspecified atom stereocenters. The molecule has 0 spiro atoms. The number of nitrogens with two attached hydrogens (primary N) is 2. The molecular weight excluding hydrogens is 542 g/mol. The van der Waals surface area contributed by atoms with Crippen LogP contribution in [0.2, 0.25) is 0 Å². The molecule has 0 radical (unpaired) electrons. The highest BCUT2D eigenvalue weighted by molar-refractivity contribution is 7.92. The molecule has 208 valence electrons. The second-order valence-electron chi connectivity index (χ2n) is 8.86. The molecule has 0 bridgehead atoms. The Labute approximate surface area is 236 Å². The number of hydrogen-bond donors (Lipinski definition) is 2. The van der Waals surface area contributed by atoms with Gasteiger partial charge in [0.15, 0.2) is 0 Å². The molecule has 0 saturated carbocycles. The molecule has 0 amide bonds. The second kappa shape index (κ2) is 11.8. The largest absolute Gasteiger partial charge is 0.382 e. The van der Waals surface area contributed by atoms with E-state index in [1.807, 2.05) is 61.5 Å². The monoisotopic (exact) mass is 569 g/mol. The Morgan fingerprint density at radius 2 is 1.76 bits per heavy atom. The molecule has 13 heteroatoms. The van der Waals surface area contributed by atoms with E-state index in [9.17, 15) is 13.2 Å². The van der Waals surface area contributed by atoms with Crippen molar-refractivity contribution in [3.63, 3.8) is 0 Å². The second-order valence-corrected chi connectivity index (χ2v) is 10.9. The number of sulfonamides is 1. The summed E-state index contributed by atoms with van der Waals surface area (Å²) >= 11 is 0. The van der Waals surface area contributed by atoms with Gasteiger partial charge in [-0.2, -0.15) is 10.2 Å². The van der Waals surface area contributed by atoms with E-state index in [0.717, 1.165) is 16.2 Å². The highest BCUT2D eigenvalue weighted by Gasteiger charge is 2.18. The van der Waals surface area contributed by atoms with Crippen molar-refractivity contribution in [3.05, 3.63) is 94.9 Å². The van der Waals surface area contributed by atoms with Crippen LogP contribution in [0.25, 0.3) is 27.7 Å². The van der Waals surface area contributed by atoms with Crippen LogP contribution < -0.4 is 21.3 Å². The van der Waals surface area contributed by atoms with Gasteiger partial charge in [0.1, 0.15) is 23.3 Å². The van der Waals surface area contributed by atoms with Gasteiger partial charge in [-0.05, 0) is 29.8 Å². The summed E-state index contributed by atoms with van der Waals surface area (Å²) in [7, 11) is -1.97. The van der Waals surface area contributed by atoms with Gasteiger partial charge in [0, 0.05) is 25.2 Å². The highest BCUT2D eigenvalue weighted by atomic mass is 32.2. The minimum absolute atomic E-state index is 0.0801. The van der Waals surface area contributed by atoms with E-state index in [0.29, 0.717) is 40.0 Å². The fraction of sp³-hybridized carbons (Fsp3) is 0.143. The number of pyridine rings is 1. The molecular formula is C28H27N9O3S. The number of nitrogens with zero attached hydrogens (tertiary/aromatic N) is 7. The molecule has 0 fully saturated rings. The fourth-order valence-corrected chi connectivity index (χ4v) is 4.51. The lowest BCUT2D eigenvalue weighted by molar-refractivity contribution is 0.600. The van der Waals surface area contributed by atoms with Crippen molar-refractivity contribution in [1.82, 2.24) is 24.5 Å². The summed E-state index contributed by atoms with van der Waals surface area (Å²) in [6.45, 7) is 1.96. The first-order valence-electron chi connectivity index (χ1n) is 12.3. The Hall–Kier alpha value is -5.35. The maximum absolute atomic E-state index is 13.7. The van der Waals surface area contributed by atoms with Gasteiger partial charge < -0.3 is 11.5 Å². The molecule has 3 aromatic heterocycles. The molecule has 0 saturated heterocycles. The van der Waals surface area contributed by atoms with Gasteiger partial charge >= 0.3 is 0 Å². The number of aryl methyl sites for hydroxylation is 1. The van der Waals surface area contributed by atoms with Crippen LogP contribution in [-0.4, -0.2) is 46.2 Å². The van der Waals surface area contributed by atoms with Gasteiger partial charge in [0.05, 0.1) is 40.9 Å². The third-order valence-corrected chi connectivity index (χ3v) is 7.36. The quantitative estimate of drug-likeness (QED) is 0.318. The summed E-state index contributed by atoms with van der Waals surface area (Å²) in [5.41, 5.74) is 13.6. The third-order valence-electron chi connectivity index (χ3n) is 6.15. The first-order valence-corrected chi connectivity index (χ1v) is 14.2. The number of nitrogen functional groups attached to an aromatic ring is 2. The van der Waals surface area contributed by atoms with Crippen LogP contribution in [0.15, 0.2) is 78.0 Å². The van der Waals surface area contributed by atoms with Crippen LogP contribution in [-0.2, 0) is 16.4 Å². The topological polar surface area (TPSA) is 187 Å². The van der Waals surface area contributed by atoms with Gasteiger partial charge in [-0.1, -0.05) is 37.3 Å². The lowest BCUT2D eigenvalue weighted by Gasteiger charge is -2.17. The number of para-hydroxylation sites is 1. The molecule has 5 aromatic rings. The SMILES string of the molecule is CCc1nc2cccc(-c3cncc(N(C)S(C)(=O)=O)c3)c2c(=O)n1-c1ccccc1.N#Cc1cnc(N)nc1N. The molecule has 0 aliphatic carbocycles. The van der Waals surface area contributed by atoms with Crippen molar-refractivity contribution in [2.45, 2.75) is 13.3 Å². The van der Waals surface area contributed by atoms with E-state index in [-0.39, 0.29) is 22.9 Å². The summed E-state index contributed by atoms with van der Waals surface area (Å²) in [5.74, 6) is 0.871. The van der Waals surface area contributed by atoms with E-state index in [1.54, 1.807) is 16.8 Å². The van der Waals surface area contributed by atoms with Crippen molar-refractivity contribution in [2.24, 2.45) is 0 Å². The minimum atomic E-state index is -3.44. The number of hydrogen-bond acceptors (Lipinski definition) is 10. The Morgan fingerprint density at radius 1 is 1.02 bits per heavy atom. The van der Waals surface area contributed by atoms with E-state index < -0.39 is 10.0 Å². The summed E-state index contributed by atoms with van der Waals surface area (Å²) in [5, 5.41) is 8.82. The van der Waals surface area contributed by atoms with Crippen LogP contribution in [0, 0.1) is 11.3 Å². The average molecular weight is 570 g/mol. The highest BCUT2D eigenvalue weighted by Crippen LogP contribution is 2.29. The van der Waals surface area contributed by atoms with Crippen molar-refractivity contribution in [2.75, 3.05) is 29.1 Å². The number of nitriles is 1. The minimum Gasteiger partial charge on any atom is -0.382 e. The lowest BCUT2D eigenvalue weighted by atomic mass is 10.0. The average Bonchev–Trinajstić information content (AvgIpc) is 2.96. The lowest BCUT2D eigenvalue weighted by Crippen LogP contribution is -2.25. The molecule has 12 nitrogen and oxygen atoms in total. The van der Waals surface area contributed by atoms with Crippen LogP contribution in [0.1, 0.15) is 18.3 Å². The van der Waals surface area contributed by atoms with Gasteiger partial charge in [-0.25, -0.2) is 18.4 Å². The zero-order valence-electron chi connectivity index (χ0n) is 22.6. The van der Waals surface area contributed by atoms with Crippen LogP contribution >= 0.6 is 0 Å². The molecule has 41 heavy (non-hydrogen) atoms. The Morgan fingerprint density at radius 3 is 2.39 bits per heavy atom. The third kappa shape index (κ3) is 6.13. The summed E-state index contributed by atoms with van der Waals surface area (Å²) in [6, 6.07) is 18.4.